The molecule has 140 valence electrons. The van der Waals surface area contributed by atoms with E-state index >= 15 is 0 Å². The number of nitrogens with zero attached hydrogens (tertiary/aromatic N) is 3. The first-order valence-corrected chi connectivity index (χ1v) is 9.21. The predicted molar refractivity (Wildman–Crippen MR) is 100 cm³/mol. The lowest BCUT2D eigenvalue weighted by atomic mass is 10.2. The zero-order valence-corrected chi connectivity index (χ0v) is 15.8. The molecule has 0 N–H and O–H groups in total. The van der Waals surface area contributed by atoms with E-state index < -0.39 is 5.60 Å². The molecule has 2 aromatic rings. The Labute approximate surface area is 154 Å². The fourth-order valence-electron chi connectivity index (χ4n) is 2.99. The summed E-state index contributed by atoms with van der Waals surface area (Å²) in [6, 6.07) is 8.03. The monoisotopic (exact) mass is 357 g/mol. The van der Waals surface area contributed by atoms with E-state index in [1.807, 2.05) is 39.0 Å². The number of carbonyl (C=O) groups excluding carboxylic acids is 1. The third-order valence-corrected chi connectivity index (χ3v) is 4.25. The second-order valence-electron chi connectivity index (χ2n) is 7.66. The first-order valence-electron chi connectivity index (χ1n) is 9.21. The fraction of sp³-hybridized carbons (Fsp3) is 0.550. The molecule has 6 heteroatoms. The molecule has 1 aliphatic rings. The van der Waals surface area contributed by atoms with Gasteiger partial charge in [0, 0.05) is 30.4 Å². The third-order valence-electron chi connectivity index (χ3n) is 4.25. The maximum Gasteiger partial charge on any atom is 0.410 e. The molecule has 2 aromatic heterocycles. The summed E-state index contributed by atoms with van der Waals surface area (Å²) in [5, 5.41) is 1.06. The quantitative estimate of drug-likeness (QED) is 0.765. The minimum atomic E-state index is -0.461. The Kier molecular flexibility index (Phi) is 5.71. The molecular formula is C20H27N3O3. The minimum absolute atomic E-state index is 0.0914. The van der Waals surface area contributed by atoms with Gasteiger partial charge in [-0.3, -0.25) is 0 Å². The molecule has 1 aliphatic heterocycles. The molecule has 3 heterocycles. The Morgan fingerprint density at radius 2 is 2.15 bits per heavy atom. The fourth-order valence-corrected chi connectivity index (χ4v) is 2.99. The lowest BCUT2D eigenvalue weighted by Gasteiger charge is -2.24. The lowest BCUT2D eigenvalue weighted by Crippen LogP contribution is -2.36. The van der Waals surface area contributed by atoms with Gasteiger partial charge in [0.15, 0.2) is 5.65 Å². The molecule has 0 radical (unpaired) electrons. The van der Waals surface area contributed by atoms with Crippen molar-refractivity contribution in [3.8, 4) is 0 Å². The summed E-state index contributed by atoms with van der Waals surface area (Å²) in [6.45, 7) is 7.60. The number of hydrogen-bond acceptors (Lipinski definition) is 5. The molecule has 1 atom stereocenters. The first-order chi connectivity index (χ1) is 12.4. The molecule has 6 nitrogen and oxygen atoms in total. The normalized spacial score (nSPS) is 17.7. The molecule has 3 rings (SSSR count). The number of amides is 1. The highest BCUT2D eigenvalue weighted by Crippen LogP contribution is 2.17. The number of likely N-dealkylation sites (tertiary alicyclic amines) is 1. The van der Waals surface area contributed by atoms with E-state index in [4.69, 9.17) is 9.47 Å². The Morgan fingerprint density at radius 3 is 2.96 bits per heavy atom. The van der Waals surface area contributed by atoms with Crippen molar-refractivity contribution >= 4 is 17.1 Å². The van der Waals surface area contributed by atoms with Crippen LogP contribution >= 0.6 is 0 Å². The van der Waals surface area contributed by atoms with Crippen molar-refractivity contribution < 1.29 is 14.3 Å². The van der Waals surface area contributed by atoms with Crippen LogP contribution in [0, 0.1) is 0 Å². The van der Waals surface area contributed by atoms with Crippen molar-refractivity contribution in [3.05, 3.63) is 36.2 Å². The van der Waals surface area contributed by atoms with Crippen LogP contribution < -0.4 is 0 Å². The van der Waals surface area contributed by atoms with Gasteiger partial charge in [-0.15, -0.1) is 0 Å². The maximum absolute atomic E-state index is 12.1. The lowest BCUT2D eigenvalue weighted by molar-refractivity contribution is 0.0208. The molecule has 1 unspecified atom stereocenters. The number of aromatic nitrogens is 2. The van der Waals surface area contributed by atoms with Crippen molar-refractivity contribution in [2.45, 2.75) is 51.7 Å². The van der Waals surface area contributed by atoms with Gasteiger partial charge in [0.25, 0.3) is 0 Å². The van der Waals surface area contributed by atoms with Gasteiger partial charge in [-0.25, -0.2) is 14.8 Å². The standard InChI is InChI=1S/C20H27N3O3/c1-20(2,3)26-19(24)23-12-10-17(14-23)25-13-5-7-16-9-8-15-6-4-11-21-18(15)22-16/h4,6,8-9,11,17H,5,7,10,12-14H2,1-3H3. The number of pyridine rings is 2. The SMILES string of the molecule is CC(C)(C)OC(=O)N1CCC(OCCCc2ccc3cccnc3n2)C1. The Hall–Kier alpha value is -2.21. The molecule has 0 bridgehead atoms. The zero-order chi connectivity index (χ0) is 18.6. The van der Waals surface area contributed by atoms with Gasteiger partial charge in [0.05, 0.1) is 12.6 Å². The van der Waals surface area contributed by atoms with Gasteiger partial charge in [-0.2, -0.15) is 0 Å². The van der Waals surface area contributed by atoms with Gasteiger partial charge in [0.2, 0.25) is 0 Å². The molecule has 1 fully saturated rings. The van der Waals surface area contributed by atoms with Gasteiger partial charge in [-0.05, 0) is 64.3 Å². The van der Waals surface area contributed by atoms with Crippen molar-refractivity contribution in [2.24, 2.45) is 0 Å². The van der Waals surface area contributed by atoms with Gasteiger partial charge < -0.3 is 14.4 Å². The molecule has 0 saturated carbocycles. The van der Waals surface area contributed by atoms with Crippen molar-refractivity contribution in [1.29, 1.82) is 0 Å². The zero-order valence-electron chi connectivity index (χ0n) is 15.8. The summed E-state index contributed by atoms with van der Waals surface area (Å²) in [5.74, 6) is 0. The van der Waals surface area contributed by atoms with E-state index in [2.05, 4.69) is 16.0 Å². The molecule has 0 aromatic carbocycles. The first kappa shape index (κ1) is 18.6. The van der Waals surface area contributed by atoms with Crippen LogP contribution in [0.3, 0.4) is 0 Å². The number of carbonyl (C=O) groups is 1. The van der Waals surface area contributed by atoms with E-state index in [1.54, 1.807) is 11.1 Å². The smallest absolute Gasteiger partial charge is 0.410 e. The highest BCUT2D eigenvalue weighted by Gasteiger charge is 2.30. The van der Waals surface area contributed by atoms with Crippen LogP contribution in [0.15, 0.2) is 30.5 Å². The largest absolute Gasteiger partial charge is 0.444 e. The van der Waals surface area contributed by atoms with E-state index in [1.165, 1.54) is 0 Å². The number of hydrogen-bond donors (Lipinski definition) is 0. The number of rotatable bonds is 5. The van der Waals surface area contributed by atoms with E-state index in [-0.39, 0.29) is 12.2 Å². The highest BCUT2D eigenvalue weighted by atomic mass is 16.6. The van der Waals surface area contributed by atoms with E-state index in [0.29, 0.717) is 19.7 Å². The molecule has 0 aliphatic carbocycles. The van der Waals surface area contributed by atoms with Crippen molar-refractivity contribution in [1.82, 2.24) is 14.9 Å². The summed E-state index contributed by atoms with van der Waals surface area (Å²) in [7, 11) is 0. The minimum Gasteiger partial charge on any atom is -0.444 e. The van der Waals surface area contributed by atoms with Crippen LogP contribution in [0.5, 0.6) is 0 Å². The summed E-state index contributed by atoms with van der Waals surface area (Å²) < 4.78 is 11.3. The summed E-state index contributed by atoms with van der Waals surface area (Å²) >= 11 is 0. The highest BCUT2D eigenvalue weighted by molar-refractivity contribution is 5.74. The molecular weight excluding hydrogens is 330 g/mol. The van der Waals surface area contributed by atoms with Gasteiger partial charge in [0.1, 0.15) is 5.60 Å². The number of aryl methyl sites for hydroxylation is 1. The molecule has 1 amide bonds. The van der Waals surface area contributed by atoms with Gasteiger partial charge in [-0.1, -0.05) is 0 Å². The maximum atomic E-state index is 12.1. The predicted octanol–water partition coefficient (Wildman–Crippen LogP) is 3.59. The van der Waals surface area contributed by atoms with Crippen molar-refractivity contribution in [3.63, 3.8) is 0 Å². The Bertz CT molecular complexity index is 757. The molecule has 0 spiro atoms. The van der Waals surface area contributed by atoms with E-state index in [9.17, 15) is 4.79 Å². The van der Waals surface area contributed by atoms with Crippen molar-refractivity contribution in [2.75, 3.05) is 19.7 Å². The van der Waals surface area contributed by atoms with Crippen LogP contribution in [0.2, 0.25) is 0 Å². The van der Waals surface area contributed by atoms with Crippen LogP contribution in [-0.4, -0.2) is 52.4 Å². The average molecular weight is 357 g/mol. The third kappa shape index (κ3) is 5.14. The Morgan fingerprint density at radius 1 is 1.31 bits per heavy atom. The summed E-state index contributed by atoms with van der Waals surface area (Å²) in [5.41, 5.74) is 1.36. The molecule has 1 saturated heterocycles. The van der Waals surface area contributed by atoms with Gasteiger partial charge >= 0.3 is 6.09 Å². The second-order valence-corrected chi connectivity index (χ2v) is 7.66. The summed E-state index contributed by atoms with van der Waals surface area (Å²) in [4.78, 5) is 22.7. The molecule has 26 heavy (non-hydrogen) atoms. The van der Waals surface area contributed by atoms with E-state index in [0.717, 1.165) is 36.0 Å². The summed E-state index contributed by atoms with van der Waals surface area (Å²) in [6.07, 6.45) is 4.21. The number of fused-ring (bicyclic) bond motifs is 1. The van der Waals surface area contributed by atoms with Crippen LogP contribution in [0.25, 0.3) is 11.0 Å². The van der Waals surface area contributed by atoms with Crippen LogP contribution in [0.4, 0.5) is 4.79 Å². The second kappa shape index (κ2) is 7.99. The van der Waals surface area contributed by atoms with Crippen LogP contribution in [0.1, 0.15) is 39.3 Å². The topological polar surface area (TPSA) is 64.5 Å². The Balaban J connectivity index is 1.39. The number of ether oxygens (including phenoxy) is 2. The van der Waals surface area contributed by atoms with Crippen LogP contribution in [-0.2, 0) is 15.9 Å². The average Bonchev–Trinajstić information content (AvgIpc) is 3.06.